The van der Waals surface area contributed by atoms with E-state index in [9.17, 15) is 0 Å². The van der Waals surface area contributed by atoms with Crippen molar-refractivity contribution in [2.24, 2.45) is 0 Å². The van der Waals surface area contributed by atoms with Crippen LogP contribution in [0.5, 0.6) is 5.75 Å². The van der Waals surface area contributed by atoms with Crippen molar-refractivity contribution in [3.63, 3.8) is 0 Å². The summed E-state index contributed by atoms with van der Waals surface area (Å²) in [6.07, 6.45) is 4.98. The molecule has 0 saturated carbocycles. The number of oxazole rings is 1. The van der Waals surface area contributed by atoms with Crippen LogP contribution in [0.3, 0.4) is 0 Å². The summed E-state index contributed by atoms with van der Waals surface area (Å²) in [5.74, 6) is 0.857. The van der Waals surface area contributed by atoms with Crippen LogP contribution in [0, 0.1) is 0 Å². The Morgan fingerprint density at radius 1 is 1.33 bits per heavy atom. The van der Waals surface area contributed by atoms with Crippen LogP contribution in [0.2, 0.25) is 0 Å². The Morgan fingerprint density at radius 2 is 2.27 bits per heavy atom. The summed E-state index contributed by atoms with van der Waals surface area (Å²) in [7, 11) is 0. The van der Waals surface area contributed by atoms with Crippen molar-refractivity contribution in [3.8, 4) is 5.75 Å². The number of hydrogen-bond acceptors (Lipinski definition) is 3. The highest BCUT2D eigenvalue weighted by molar-refractivity contribution is 5.73. The van der Waals surface area contributed by atoms with Gasteiger partial charge in [0, 0.05) is 6.07 Å². The molecule has 1 heterocycles. The third-order valence-corrected chi connectivity index (χ3v) is 2.32. The second kappa shape index (κ2) is 4.82. The number of benzene rings is 1. The van der Waals surface area contributed by atoms with Crippen LogP contribution >= 0.6 is 0 Å². The van der Waals surface area contributed by atoms with E-state index in [1.165, 1.54) is 19.2 Å². The van der Waals surface area contributed by atoms with Gasteiger partial charge in [0.1, 0.15) is 11.3 Å². The summed E-state index contributed by atoms with van der Waals surface area (Å²) in [6.45, 7) is 2.95. The van der Waals surface area contributed by atoms with E-state index in [-0.39, 0.29) is 0 Å². The SMILES string of the molecule is CCCCCOc1ccc2ncoc2c1. The zero-order chi connectivity index (χ0) is 10.5. The van der Waals surface area contributed by atoms with E-state index in [4.69, 9.17) is 9.15 Å². The molecule has 0 spiro atoms. The Hall–Kier alpha value is -1.51. The molecule has 3 nitrogen and oxygen atoms in total. The number of unbranched alkanes of at least 4 members (excludes halogenated alkanes) is 2. The lowest BCUT2D eigenvalue weighted by Crippen LogP contribution is -1.96. The number of fused-ring (bicyclic) bond motifs is 1. The van der Waals surface area contributed by atoms with Crippen LogP contribution in [0.1, 0.15) is 26.2 Å². The number of ether oxygens (including phenoxy) is 1. The van der Waals surface area contributed by atoms with Crippen LogP contribution in [-0.2, 0) is 0 Å². The Kier molecular flexibility index (Phi) is 3.22. The minimum absolute atomic E-state index is 0.771. The first kappa shape index (κ1) is 10.0. The molecule has 0 aliphatic rings. The van der Waals surface area contributed by atoms with Gasteiger partial charge in [-0.05, 0) is 18.6 Å². The van der Waals surface area contributed by atoms with Crippen LogP contribution in [0.15, 0.2) is 29.0 Å². The molecule has 0 aliphatic heterocycles. The van der Waals surface area contributed by atoms with Crippen LogP contribution in [0.25, 0.3) is 11.1 Å². The molecule has 0 N–H and O–H groups in total. The number of aromatic nitrogens is 1. The monoisotopic (exact) mass is 205 g/mol. The van der Waals surface area contributed by atoms with Crippen molar-refractivity contribution < 1.29 is 9.15 Å². The molecule has 80 valence electrons. The highest BCUT2D eigenvalue weighted by Crippen LogP contribution is 2.19. The van der Waals surface area contributed by atoms with Gasteiger partial charge in [0.15, 0.2) is 12.0 Å². The topological polar surface area (TPSA) is 35.3 Å². The van der Waals surface area contributed by atoms with Crippen LogP contribution in [-0.4, -0.2) is 11.6 Å². The van der Waals surface area contributed by atoms with Gasteiger partial charge in [-0.1, -0.05) is 19.8 Å². The van der Waals surface area contributed by atoms with Crippen LogP contribution in [0.4, 0.5) is 0 Å². The predicted octanol–water partition coefficient (Wildman–Crippen LogP) is 3.40. The number of rotatable bonds is 5. The maximum Gasteiger partial charge on any atom is 0.181 e. The fourth-order valence-corrected chi connectivity index (χ4v) is 1.47. The molecule has 2 aromatic rings. The van der Waals surface area contributed by atoms with Crippen molar-refractivity contribution in [1.29, 1.82) is 0 Å². The zero-order valence-corrected chi connectivity index (χ0v) is 8.90. The highest BCUT2D eigenvalue weighted by atomic mass is 16.5. The van der Waals surface area contributed by atoms with Gasteiger partial charge in [-0.2, -0.15) is 0 Å². The fraction of sp³-hybridized carbons (Fsp3) is 0.417. The molecule has 0 bridgehead atoms. The summed E-state index contributed by atoms with van der Waals surface area (Å²) >= 11 is 0. The first-order valence-electron chi connectivity index (χ1n) is 5.36. The molecular formula is C12H15NO2. The third kappa shape index (κ3) is 2.49. The van der Waals surface area contributed by atoms with E-state index in [2.05, 4.69) is 11.9 Å². The van der Waals surface area contributed by atoms with E-state index in [0.29, 0.717) is 0 Å². The van der Waals surface area contributed by atoms with Gasteiger partial charge in [-0.25, -0.2) is 4.98 Å². The number of nitrogens with zero attached hydrogens (tertiary/aromatic N) is 1. The molecule has 0 radical (unpaired) electrons. The average molecular weight is 205 g/mol. The van der Waals surface area contributed by atoms with Gasteiger partial charge in [0.05, 0.1) is 6.61 Å². The van der Waals surface area contributed by atoms with Crippen molar-refractivity contribution in [1.82, 2.24) is 4.98 Å². The third-order valence-electron chi connectivity index (χ3n) is 2.32. The molecule has 0 fully saturated rings. The highest BCUT2D eigenvalue weighted by Gasteiger charge is 2.00. The molecule has 2 rings (SSSR count). The lowest BCUT2D eigenvalue weighted by molar-refractivity contribution is 0.306. The summed E-state index contributed by atoms with van der Waals surface area (Å²) in [6, 6.07) is 5.72. The molecule has 3 heteroatoms. The average Bonchev–Trinajstić information content (AvgIpc) is 2.71. The van der Waals surface area contributed by atoms with Gasteiger partial charge in [0.2, 0.25) is 0 Å². The lowest BCUT2D eigenvalue weighted by Gasteiger charge is -2.04. The maximum atomic E-state index is 5.60. The molecule has 0 aliphatic carbocycles. The fourth-order valence-electron chi connectivity index (χ4n) is 1.47. The van der Waals surface area contributed by atoms with E-state index >= 15 is 0 Å². The largest absolute Gasteiger partial charge is 0.493 e. The van der Waals surface area contributed by atoms with Crippen molar-refractivity contribution in [2.75, 3.05) is 6.61 Å². The molecule has 1 aromatic carbocycles. The minimum atomic E-state index is 0.771. The predicted molar refractivity (Wildman–Crippen MR) is 59.0 cm³/mol. The summed E-state index contributed by atoms with van der Waals surface area (Å²) in [5, 5.41) is 0. The molecule has 1 aromatic heterocycles. The second-order valence-corrected chi connectivity index (χ2v) is 3.54. The summed E-state index contributed by atoms with van der Waals surface area (Å²) in [4.78, 5) is 4.05. The van der Waals surface area contributed by atoms with Gasteiger partial charge in [-0.15, -0.1) is 0 Å². The maximum absolute atomic E-state index is 5.60. The van der Waals surface area contributed by atoms with Gasteiger partial charge < -0.3 is 9.15 Å². The normalized spacial score (nSPS) is 10.7. The molecule has 0 atom stereocenters. The standard InChI is InChI=1S/C12H15NO2/c1-2-3-4-7-14-10-5-6-11-12(8-10)15-9-13-11/h5-6,8-9H,2-4,7H2,1H3. The van der Waals surface area contributed by atoms with Gasteiger partial charge in [-0.3, -0.25) is 0 Å². The Labute approximate surface area is 89.1 Å². The first-order valence-corrected chi connectivity index (χ1v) is 5.36. The molecule has 0 saturated heterocycles. The Bertz CT molecular complexity index is 422. The molecule has 0 amide bonds. The lowest BCUT2D eigenvalue weighted by atomic mass is 10.2. The van der Waals surface area contributed by atoms with Gasteiger partial charge in [0.25, 0.3) is 0 Å². The minimum Gasteiger partial charge on any atom is -0.493 e. The van der Waals surface area contributed by atoms with Crippen molar-refractivity contribution in [3.05, 3.63) is 24.6 Å². The van der Waals surface area contributed by atoms with E-state index < -0.39 is 0 Å². The van der Waals surface area contributed by atoms with Crippen molar-refractivity contribution >= 4 is 11.1 Å². The Balaban J connectivity index is 1.96. The van der Waals surface area contributed by atoms with Crippen LogP contribution < -0.4 is 4.74 Å². The molecule has 15 heavy (non-hydrogen) atoms. The smallest absolute Gasteiger partial charge is 0.181 e. The van der Waals surface area contributed by atoms with Crippen molar-refractivity contribution in [2.45, 2.75) is 26.2 Å². The first-order chi connectivity index (χ1) is 7.40. The summed E-state index contributed by atoms with van der Waals surface area (Å²) < 4.78 is 10.8. The molecular weight excluding hydrogens is 190 g/mol. The quantitative estimate of drug-likeness (QED) is 0.702. The van der Waals surface area contributed by atoms with Gasteiger partial charge >= 0.3 is 0 Å². The Morgan fingerprint density at radius 3 is 3.13 bits per heavy atom. The van der Waals surface area contributed by atoms with E-state index in [1.807, 2.05) is 18.2 Å². The number of hydrogen-bond donors (Lipinski definition) is 0. The second-order valence-electron chi connectivity index (χ2n) is 3.54. The molecule has 0 unspecified atom stereocenters. The summed E-state index contributed by atoms with van der Waals surface area (Å²) in [5.41, 5.74) is 1.65. The zero-order valence-electron chi connectivity index (χ0n) is 8.90. The van der Waals surface area contributed by atoms with E-state index in [0.717, 1.165) is 29.9 Å². The van der Waals surface area contributed by atoms with E-state index in [1.54, 1.807) is 0 Å².